The lowest BCUT2D eigenvalue weighted by molar-refractivity contribution is 0.0991. The summed E-state index contributed by atoms with van der Waals surface area (Å²) >= 11 is 0. The highest BCUT2D eigenvalue weighted by atomic mass is 35.5. The first-order chi connectivity index (χ1) is 33.8. The minimum absolute atomic E-state index is 0. The molecule has 23 heteroatoms. The van der Waals surface area contributed by atoms with E-state index in [1.54, 1.807) is 44.5 Å². The lowest BCUT2D eigenvalue weighted by atomic mass is 9.98. The third kappa shape index (κ3) is 11.1. The molecule has 0 atom stereocenters. The third-order valence-electron chi connectivity index (χ3n) is 12.2. The third-order valence-corrected chi connectivity index (χ3v) is 12.2. The SMILES string of the molecule is CCn1nc(C)cc1C(=O)Nc1nc2cc(C(N)=O)cc(OC)c2n1C/C=C/Cn1c(NC(=O)c2cc(C)nn2CC)nc2cc(C(N)=O)cc(OCC#CC3CCN(C(=O)N4CCNCC4)CC3)c21.Cl. The summed E-state index contributed by atoms with van der Waals surface area (Å²) in [7, 11) is 1.46. The van der Waals surface area contributed by atoms with Gasteiger partial charge in [-0.2, -0.15) is 10.2 Å². The zero-order valence-electron chi connectivity index (χ0n) is 40.3. The fraction of sp³-hybridized carbons (Fsp3) is 0.396. The Hall–Kier alpha value is -7.90. The van der Waals surface area contributed by atoms with Gasteiger partial charge in [-0.1, -0.05) is 24.0 Å². The molecule has 8 rings (SSSR count). The molecule has 71 heavy (non-hydrogen) atoms. The molecule has 6 aromatic rings. The molecule has 2 aromatic carbocycles. The molecule has 7 N–H and O–H groups in total. The van der Waals surface area contributed by atoms with E-state index in [0.29, 0.717) is 89.9 Å². The summed E-state index contributed by atoms with van der Waals surface area (Å²) in [6.07, 6.45) is 5.13. The van der Waals surface area contributed by atoms with E-state index in [2.05, 4.69) is 38.0 Å². The summed E-state index contributed by atoms with van der Waals surface area (Å²) in [6.45, 7) is 12.7. The van der Waals surface area contributed by atoms with E-state index < -0.39 is 23.6 Å². The molecule has 2 aliphatic rings. The van der Waals surface area contributed by atoms with E-state index in [4.69, 9.17) is 30.9 Å². The zero-order chi connectivity index (χ0) is 49.6. The Labute approximate surface area is 415 Å². The van der Waals surface area contributed by atoms with Gasteiger partial charge in [-0.15, -0.1) is 12.4 Å². The van der Waals surface area contributed by atoms with Crippen LogP contribution in [0.25, 0.3) is 22.1 Å². The van der Waals surface area contributed by atoms with E-state index in [-0.39, 0.29) is 72.8 Å². The average Bonchev–Trinajstić information content (AvgIpc) is 4.13. The molecule has 22 nitrogen and oxygen atoms in total. The van der Waals surface area contributed by atoms with Crippen LogP contribution >= 0.6 is 12.4 Å². The Balaban J connectivity index is 0.00000741. The van der Waals surface area contributed by atoms with Crippen LogP contribution in [-0.4, -0.2) is 131 Å². The van der Waals surface area contributed by atoms with Gasteiger partial charge in [-0.25, -0.2) is 14.8 Å². The lowest BCUT2D eigenvalue weighted by Gasteiger charge is -2.36. The van der Waals surface area contributed by atoms with Gasteiger partial charge in [0.05, 0.1) is 29.5 Å². The number of fused-ring (bicyclic) bond motifs is 2. The number of imidazole rings is 2. The predicted molar refractivity (Wildman–Crippen MR) is 268 cm³/mol. The number of methoxy groups -OCH3 is 1. The van der Waals surface area contributed by atoms with Gasteiger partial charge in [0, 0.05) is 82.5 Å². The average molecular weight is 993 g/mol. The molecule has 0 spiro atoms. The van der Waals surface area contributed by atoms with Gasteiger partial charge < -0.3 is 45.2 Å². The number of carbonyl (C=O) groups excluding carboxylic acids is 5. The minimum Gasteiger partial charge on any atom is -0.494 e. The molecule has 2 fully saturated rings. The van der Waals surface area contributed by atoms with Crippen molar-refractivity contribution in [3.63, 3.8) is 0 Å². The number of amides is 6. The minimum atomic E-state index is -0.703. The first kappa shape index (κ1) is 51.0. The van der Waals surface area contributed by atoms with Gasteiger partial charge in [0.1, 0.15) is 40.5 Å². The second-order valence-electron chi connectivity index (χ2n) is 17.0. The standard InChI is InChI=1S/C48H57N15O7.ClH/c1-6-62-36(23-29(3)56-62)44(66)54-46-52-34-25-32(42(49)64)27-38(69-5)40(34)60(46)16-8-9-17-61-41-35(53-47(61)55-45(67)37-24-30(4)57-63(37)7-2)26-33(43(50)65)28-39(41)70-22-10-11-31-12-18-58(19-13-31)48(68)59-20-14-51-15-21-59;/h8-9,23-28,31,51H,6-7,12-22H2,1-5H3,(H2,49,64)(H2,50,65)(H,52,54,66)(H,53,55,67);1H/b9-8+;. The molecule has 6 amide bonds. The molecule has 0 unspecified atom stereocenters. The lowest BCUT2D eigenvalue weighted by Crippen LogP contribution is -2.53. The smallest absolute Gasteiger partial charge is 0.320 e. The fourth-order valence-corrected chi connectivity index (χ4v) is 8.76. The number of allylic oxidation sites excluding steroid dienone is 2. The monoisotopic (exact) mass is 991 g/mol. The van der Waals surface area contributed by atoms with E-state index in [9.17, 15) is 24.0 Å². The molecule has 4 aromatic heterocycles. The second-order valence-corrected chi connectivity index (χ2v) is 17.0. The summed E-state index contributed by atoms with van der Waals surface area (Å²) in [5, 5.41) is 18.0. The number of nitrogens with one attached hydrogen (secondary N) is 3. The molecule has 374 valence electrons. The number of rotatable bonds is 15. The highest BCUT2D eigenvalue weighted by Gasteiger charge is 2.27. The van der Waals surface area contributed by atoms with Crippen LogP contribution in [0.15, 0.2) is 48.6 Å². The number of likely N-dealkylation sites (tertiary alicyclic amines) is 1. The number of anilines is 2. The van der Waals surface area contributed by atoms with Crippen LogP contribution in [0, 0.1) is 31.6 Å². The summed E-state index contributed by atoms with van der Waals surface area (Å²) in [6, 6.07) is 9.54. The van der Waals surface area contributed by atoms with Gasteiger partial charge >= 0.3 is 6.03 Å². The highest BCUT2D eigenvalue weighted by Crippen LogP contribution is 2.33. The maximum atomic E-state index is 13.9. The van der Waals surface area contributed by atoms with Crippen molar-refractivity contribution < 1.29 is 33.4 Å². The number of aromatic nitrogens is 8. The number of piperidine rings is 1. The zero-order valence-corrected chi connectivity index (χ0v) is 41.1. The van der Waals surface area contributed by atoms with Crippen LogP contribution < -0.4 is 36.9 Å². The normalized spacial score (nSPS) is 14.0. The molecule has 0 radical (unpaired) electrons. The summed E-state index contributed by atoms with van der Waals surface area (Å²) in [5.41, 5.74) is 15.4. The quantitative estimate of drug-likeness (QED) is 0.0724. The molecule has 0 bridgehead atoms. The fourth-order valence-electron chi connectivity index (χ4n) is 8.76. The maximum Gasteiger partial charge on any atom is 0.320 e. The van der Waals surface area contributed by atoms with E-state index in [0.717, 1.165) is 25.9 Å². The van der Waals surface area contributed by atoms with Gasteiger partial charge in [-0.3, -0.25) is 39.2 Å². The van der Waals surface area contributed by atoms with Crippen LogP contribution in [0.3, 0.4) is 0 Å². The number of carbonyl (C=O) groups is 5. The number of hydrogen-bond donors (Lipinski definition) is 5. The van der Waals surface area contributed by atoms with Crippen molar-refractivity contribution >= 4 is 76.0 Å². The molecule has 0 aliphatic carbocycles. The number of urea groups is 1. The van der Waals surface area contributed by atoms with Crippen LogP contribution in [0.2, 0.25) is 0 Å². The Kier molecular flexibility index (Phi) is 16.0. The van der Waals surface area contributed by atoms with Crippen molar-refractivity contribution in [3.05, 3.63) is 82.5 Å². The number of nitrogens with zero attached hydrogens (tertiary/aromatic N) is 10. The van der Waals surface area contributed by atoms with E-state index >= 15 is 0 Å². The first-order valence-electron chi connectivity index (χ1n) is 23.2. The number of piperazine rings is 1. The van der Waals surface area contributed by atoms with Crippen LogP contribution in [0.5, 0.6) is 11.5 Å². The maximum absolute atomic E-state index is 13.9. The van der Waals surface area contributed by atoms with Crippen molar-refractivity contribution in [1.82, 2.24) is 53.8 Å². The Morgan fingerprint density at radius 2 is 1.21 bits per heavy atom. The largest absolute Gasteiger partial charge is 0.494 e. The predicted octanol–water partition coefficient (Wildman–Crippen LogP) is 3.94. The van der Waals surface area contributed by atoms with Gasteiger partial charge in [0.15, 0.2) is 0 Å². The van der Waals surface area contributed by atoms with Gasteiger partial charge in [0.25, 0.3) is 11.8 Å². The topological polar surface area (TPSA) is 270 Å². The number of aryl methyl sites for hydroxylation is 4. The number of primary amides is 2. The van der Waals surface area contributed by atoms with Crippen LogP contribution in [0.1, 0.15) is 79.8 Å². The van der Waals surface area contributed by atoms with Crippen molar-refractivity contribution in [2.45, 2.75) is 66.7 Å². The number of halogens is 1. The van der Waals surface area contributed by atoms with Gasteiger partial charge in [-0.05, 0) is 76.9 Å². The molecule has 0 saturated carbocycles. The van der Waals surface area contributed by atoms with Crippen molar-refractivity contribution in [3.8, 4) is 23.3 Å². The first-order valence-corrected chi connectivity index (χ1v) is 23.2. The van der Waals surface area contributed by atoms with Gasteiger partial charge in [0.2, 0.25) is 23.7 Å². The molecule has 2 saturated heterocycles. The second kappa shape index (κ2) is 22.2. The number of nitrogens with two attached hydrogens (primary N) is 2. The molecular weight excluding hydrogens is 934 g/mol. The van der Waals surface area contributed by atoms with E-state index in [1.165, 1.54) is 31.4 Å². The number of hydrogen-bond acceptors (Lipinski definition) is 12. The number of benzene rings is 2. The Morgan fingerprint density at radius 1 is 0.732 bits per heavy atom. The summed E-state index contributed by atoms with van der Waals surface area (Å²) < 4.78 is 18.7. The highest BCUT2D eigenvalue weighted by molar-refractivity contribution is 6.05. The molecule has 6 heterocycles. The molecular formula is C48H58ClN15O7. The Morgan fingerprint density at radius 3 is 1.69 bits per heavy atom. The Bertz CT molecular complexity index is 3090. The van der Waals surface area contributed by atoms with Crippen molar-refractivity contribution in [2.24, 2.45) is 17.4 Å². The molecule has 2 aliphatic heterocycles. The van der Waals surface area contributed by atoms with E-state index in [1.807, 2.05) is 35.8 Å². The van der Waals surface area contributed by atoms with Crippen molar-refractivity contribution in [2.75, 3.05) is 63.6 Å². The van der Waals surface area contributed by atoms with Crippen molar-refractivity contribution in [1.29, 1.82) is 0 Å². The summed E-state index contributed by atoms with van der Waals surface area (Å²) in [4.78, 5) is 79.0. The number of ether oxygens (including phenoxy) is 2. The summed E-state index contributed by atoms with van der Waals surface area (Å²) in [5.74, 6) is 5.12. The van der Waals surface area contributed by atoms with Crippen LogP contribution in [-0.2, 0) is 26.2 Å². The van der Waals surface area contributed by atoms with Crippen LogP contribution in [0.4, 0.5) is 16.7 Å².